The number of hydrogen-bond donors (Lipinski definition) is 4. The molecule has 1 fully saturated rings. The lowest BCUT2D eigenvalue weighted by atomic mass is 10.0. The third-order valence-electron chi connectivity index (χ3n) is 4.16. The minimum absolute atomic E-state index is 0.0585. The van der Waals surface area contributed by atoms with Gasteiger partial charge in [-0.3, -0.25) is 14.9 Å². The third kappa shape index (κ3) is 6.29. The van der Waals surface area contributed by atoms with Crippen LogP contribution >= 0.6 is 11.3 Å². The van der Waals surface area contributed by atoms with Crippen molar-refractivity contribution >= 4 is 23.5 Å². The van der Waals surface area contributed by atoms with Gasteiger partial charge < -0.3 is 16.4 Å². The summed E-state index contributed by atoms with van der Waals surface area (Å²) in [6.07, 6.45) is 1.90. The second-order valence-electron chi connectivity index (χ2n) is 6.16. The first-order chi connectivity index (χ1) is 13.6. The van der Waals surface area contributed by atoms with Crippen LogP contribution in [0.4, 0.5) is 0 Å². The minimum Gasteiger partial charge on any atom is -0.341 e. The van der Waals surface area contributed by atoms with Gasteiger partial charge in [0.1, 0.15) is 6.29 Å². The van der Waals surface area contributed by atoms with E-state index in [4.69, 9.17) is 5.73 Å². The molecule has 1 saturated heterocycles. The molecule has 0 spiro atoms. The third-order valence-corrected chi connectivity index (χ3v) is 5.12. The highest BCUT2D eigenvalue weighted by Crippen LogP contribution is 2.12. The Morgan fingerprint density at radius 3 is 2.79 bits per heavy atom. The first kappa shape index (κ1) is 21.8. The number of nitrogens with one attached hydrogen (secondary N) is 3. The van der Waals surface area contributed by atoms with E-state index in [0.717, 1.165) is 40.8 Å². The van der Waals surface area contributed by atoms with Crippen LogP contribution in [-0.4, -0.2) is 32.0 Å². The van der Waals surface area contributed by atoms with Gasteiger partial charge in [-0.05, 0) is 36.7 Å². The van der Waals surface area contributed by atoms with Gasteiger partial charge in [0, 0.05) is 34.5 Å². The number of hydrogen-bond acceptors (Lipinski definition) is 6. The zero-order valence-corrected chi connectivity index (χ0v) is 17.0. The molecule has 0 bridgehead atoms. The summed E-state index contributed by atoms with van der Waals surface area (Å²) < 4.78 is 0. The van der Waals surface area contributed by atoms with E-state index in [1.807, 2.05) is 30.6 Å². The molecule has 1 amide bonds. The van der Waals surface area contributed by atoms with Gasteiger partial charge in [-0.25, -0.2) is 0 Å². The molecule has 1 aromatic carbocycles. The standard InChI is InChI=1S/C11H15NO.C10H11N3OS/c1-3-9-4-5-10(7-12-2)11(6-9)8-13;11-4-8-3-7(5-15-8)1-2-9-10(14)13-6-12-9/h4-6,8,12H,3,7H2,1-2H3;3,5,9,12H,4,6,11H2,(H,13,14). The van der Waals surface area contributed by atoms with Crippen molar-refractivity contribution in [2.24, 2.45) is 5.73 Å². The zero-order chi connectivity index (χ0) is 20.4. The molecular formula is C21H26N4O2S. The molecule has 1 aromatic heterocycles. The predicted molar refractivity (Wildman–Crippen MR) is 113 cm³/mol. The van der Waals surface area contributed by atoms with Gasteiger partial charge in [0.25, 0.3) is 5.91 Å². The molecule has 1 unspecified atom stereocenters. The Kier molecular flexibility index (Phi) is 8.85. The summed E-state index contributed by atoms with van der Waals surface area (Å²) in [6.45, 7) is 3.87. The van der Waals surface area contributed by atoms with E-state index in [0.29, 0.717) is 13.2 Å². The van der Waals surface area contributed by atoms with Crippen molar-refractivity contribution in [3.8, 4) is 11.8 Å². The van der Waals surface area contributed by atoms with Gasteiger partial charge in [-0.2, -0.15) is 0 Å². The summed E-state index contributed by atoms with van der Waals surface area (Å²) in [6, 6.07) is 7.61. The molecule has 3 rings (SSSR count). The summed E-state index contributed by atoms with van der Waals surface area (Å²) in [5, 5.41) is 10.6. The number of carbonyl (C=O) groups is 2. The SMILES string of the molecule is CCc1ccc(CNC)c(C=O)c1.NCc1cc(C#CC2NCNC2=O)cs1. The monoisotopic (exact) mass is 398 g/mol. The van der Waals surface area contributed by atoms with Crippen LogP contribution in [0.2, 0.25) is 0 Å². The normalized spacial score (nSPS) is 15.1. The average molecular weight is 399 g/mol. The minimum atomic E-state index is -0.383. The molecule has 6 nitrogen and oxygen atoms in total. The lowest BCUT2D eigenvalue weighted by Crippen LogP contribution is -2.26. The van der Waals surface area contributed by atoms with Crippen molar-refractivity contribution in [1.29, 1.82) is 0 Å². The highest BCUT2D eigenvalue weighted by atomic mass is 32.1. The van der Waals surface area contributed by atoms with Crippen molar-refractivity contribution in [3.63, 3.8) is 0 Å². The molecule has 0 aliphatic carbocycles. The highest BCUT2D eigenvalue weighted by Gasteiger charge is 2.20. The maximum Gasteiger partial charge on any atom is 0.250 e. The van der Waals surface area contributed by atoms with Crippen LogP contribution in [0.25, 0.3) is 0 Å². The van der Waals surface area contributed by atoms with Gasteiger partial charge in [0.05, 0.1) is 6.67 Å². The summed E-state index contributed by atoms with van der Waals surface area (Å²) in [4.78, 5) is 23.0. The second kappa shape index (κ2) is 11.4. The van der Waals surface area contributed by atoms with Crippen molar-refractivity contribution in [2.45, 2.75) is 32.5 Å². The molecule has 2 heterocycles. The average Bonchev–Trinajstić information content (AvgIpc) is 3.36. The molecule has 7 heteroatoms. The fourth-order valence-electron chi connectivity index (χ4n) is 2.59. The van der Waals surface area contributed by atoms with Crippen LogP contribution in [0.3, 0.4) is 0 Å². The number of nitrogens with two attached hydrogens (primary N) is 1. The van der Waals surface area contributed by atoms with Crippen molar-refractivity contribution in [1.82, 2.24) is 16.0 Å². The first-order valence-corrected chi connectivity index (χ1v) is 10.0. The number of thiophene rings is 1. The summed E-state index contributed by atoms with van der Waals surface area (Å²) in [7, 11) is 1.88. The Balaban J connectivity index is 0.000000203. The fraction of sp³-hybridized carbons (Fsp3) is 0.333. The summed E-state index contributed by atoms with van der Waals surface area (Å²) in [5.41, 5.74) is 9.48. The molecule has 148 valence electrons. The Hall–Kier alpha value is -2.50. The van der Waals surface area contributed by atoms with Gasteiger partial charge >= 0.3 is 0 Å². The van der Waals surface area contributed by atoms with Crippen LogP contribution in [0, 0.1) is 11.8 Å². The maximum atomic E-state index is 11.2. The smallest absolute Gasteiger partial charge is 0.250 e. The van der Waals surface area contributed by atoms with Gasteiger partial charge in [-0.15, -0.1) is 11.3 Å². The van der Waals surface area contributed by atoms with Crippen molar-refractivity contribution in [2.75, 3.05) is 13.7 Å². The van der Waals surface area contributed by atoms with Gasteiger partial charge in [-0.1, -0.05) is 30.9 Å². The Labute approximate surface area is 169 Å². The number of rotatable bonds is 5. The largest absolute Gasteiger partial charge is 0.341 e. The molecule has 0 radical (unpaired) electrons. The number of aryl methyl sites for hydroxylation is 1. The van der Waals surface area contributed by atoms with Crippen LogP contribution in [-0.2, 0) is 24.3 Å². The molecular weight excluding hydrogens is 372 g/mol. The predicted octanol–water partition coefficient (Wildman–Crippen LogP) is 1.38. The lowest BCUT2D eigenvalue weighted by molar-refractivity contribution is -0.119. The number of benzene rings is 1. The molecule has 28 heavy (non-hydrogen) atoms. The zero-order valence-electron chi connectivity index (χ0n) is 16.2. The van der Waals surface area contributed by atoms with E-state index < -0.39 is 0 Å². The second-order valence-corrected chi connectivity index (χ2v) is 7.16. The van der Waals surface area contributed by atoms with Gasteiger partial charge in [0.15, 0.2) is 6.04 Å². The fourth-order valence-corrected chi connectivity index (χ4v) is 3.28. The van der Waals surface area contributed by atoms with Crippen LogP contribution < -0.4 is 21.7 Å². The van der Waals surface area contributed by atoms with E-state index in [9.17, 15) is 9.59 Å². The van der Waals surface area contributed by atoms with Crippen LogP contribution in [0.15, 0.2) is 29.6 Å². The number of amides is 1. The quantitative estimate of drug-likeness (QED) is 0.451. The molecule has 1 atom stereocenters. The van der Waals surface area contributed by atoms with Crippen molar-refractivity contribution in [3.05, 3.63) is 56.8 Å². The first-order valence-electron chi connectivity index (χ1n) is 9.13. The lowest BCUT2D eigenvalue weighted by Gasteiger charge is -2.05. The van der Waals surface area contributed by atoms with E-state index in [1.54, 1.807) is 11.3 Å². The topological polar surface area (TPSA) is 96.2 Å². The Bertz CT molecular complexity index is 867. The van der Waals surface area contributed by atoms with E-state index in [1.165, 1.54) is 5.56 Å². The molecule has 5 N–H and O–H groups in total. The van der Waals surface area contributed by atoms with Crippen LogP contribution in [0.5, 0.6) is 0 Å². The van der Waals surface area contributed by atoms with Crippen LogP contribution in [0.1, 0.15) is 38.8 Å². The van der Waals surface area contributed by atoms with Crippen molar-refractivity contribution < 1.29 is 9.59 Å². The van der Waals surface area contributed by atoms with E-state index >= 15 is 0 Å². The Morgan fingerprint density at radius 2 is 2.21 bits per heavy atom. The molecule has 1 aliphatic rings. The molecule has 1 aliphatic heterocycles. The molecule has 2 aromatic rings. The number of carbonyl (C=O) groups excluding carboxylic acids is 2. The number of aldehydes is 1. The highest BCUT2D eigenvalue weighted by molar-refractivity contribution is 7.10. The van der Waals surface area contributed by atoms with Gasteiger partial charge in [0.2, 0.25) is 0 Å². The molecule has 0 saturated carbocycles. The summed E-state index contributed by atoms with van der Waals surface area (Å²) in [5.74, 6) is 5.77. The van der Waals surface area contributed by atoms with E-state index in [2.05, 4.69) is 40.8 Å². The van der Waals surface area contributed by atoms with E-state index in [-0.39, 0.29) is 11.9 Å². The maximum absolute atomic E-state index is 11.2. The Morgan fingerprint density at radius 1 is 1.39 bits per heavy atom. The summed E-state index contributed by atoms with van der Waals surface area (Å²) >= 11 is 1.58.